The molecule has 0 aliphatic rings. The fraction of sp³-hybridized carbons (Fsp3) is 0.900. The highest BCUT2D eigenvalue weighted by molar-refractivity contribution is 5.76. The first-order valence-electron chi connectivity index (χ1n) is 5.22. The molecule has 0 aromatic rings. The van der Waals surface area contributed by atoms with Gasteiger partial charge in [-0.05, 0) is 19.3 Å². The summed E-state index contributed by atoms with van der Waals surface area (Å²) in [5, 5.41) is 2.83. The van der Waals surface area contributed by atoms with Crippen molar-refractivity contribution in [3.8, 4) is 0 Å². The van der Waals surface area contributed by atoms with Crippen molar-refractivity contribution in [1.82, 2.24) is 5.32 Å². The molecule has 0 bridgehead atoms. The quantitative estimate of drug-likeness (QED) is 0.568. The zero-order chi connectivity index (χ0) is 10.8. The summed E-state index contributed by atoms with van der Waals surface area (Å²) in [5.41, 5.74) is 5.64. The van der Waals surface area contributed by atoms with E-state index in [0.717, 1.165) is 32.4 Å². The van der Waals surface area contributed by atoms with Crippen LogP contribution in [0, 0.1) is 0 Å². The Morgan fingerprint density at radius 2 is 2.21 bits per heavy atom. The minimum Gasteiger partial charge on any atom is -0.385 e. The maximum absolute atomic E-state index is 11.2. The third-order valence-corrected chi connectivity index (χ3v) is 2.07. The summed E-state index contributed by atoms with van der Waals surface area (Å²) < 4.78 is 4.90. The van der Waals surface area contributed by atoms with Crippen molar-refractivity contribution in [2.75, 3.05) is 20.3 Å². The number of amides is 1. The molecule has 0 spiro atoms. The molecular formula is C10H22N2O2. The minimum absolute atomic E-state index is 0.00558. The number of hydrogen-bond donors (Lipinski definition) is 2. The number of carbonyl (C=O) groups is 1. The van der Waals surface area contributed by atoms with Gasteiger partial charge in [-0.2, -0.15) is 0 Å². The molecule has 0 aromatic heterocycles. The molecule has 0 rings (SSSR count). The first kappa shape index (κ1) is 13.4. The Hall–Kier alpha value is -0.610. The second-order valence-corrected chi connectivity index (χ2v) is 3.42. The zero-order valence-corrected chi connectivity index (χ0v) is 9.21. The molecule has 0 radical (unpaired) electrons. The van der Waals surface area contributed by atoms with Gasteiger partial charge in [-0.3, -0.25) is 4.79 Å². The predicted molar refractivity (Wildman–Crippen MR) is 57.0 cm³/mol. The lowest BCUT2D eigenvalue weighted by atomic mass is 10.1. The molecule has 1 atom stereocenters. The van der Waals surface area contributed by atoms with E-state index in [0.29, 0.717) is 6.42 Å². The highest BCUT2D eigenvalue weighted by Crippen LogP contribution is 1.93. The Kier molecular flexibility index (Phi) is 8.57. The van der Waals surface area contributed by atoms with Crippen molar-refractivity contribution in [3.63, 3.8) is 0 Å². The summed E-state index contributed by atoms with van der Waals surface area (Å²) in [6, 6.07) is -0.00558. The van der Waals surface area contributed by atoms with Crippen LogP contribution in [0.3, 0.4) is 0 Å². The molecule has 0 saturated carbocycles. The van der Waals surface area contributed by atoms with Crippen LogP contribution in [0.1, 0.15) is 32.6 Å². The first-order chi connectivity index (χ1) is 6.70. The van der Waals surface area contributed by atoms with E-state index in [4.69, 9.17) is 10.5 Å². The van der Waals surface area contributed by atoms with E-state index >= 15 is 0 Å². The van der Waals surface area contributed by atoms with Gasteiger partial charge in [0.1, 0.15) is 0 Å². The molecule has 0 saturated heterocycles. The third-order valence-electron chi connectivity index (χ3n) is 2.07. The van der Waals surface area contributed by atoms with Gasteiger partial charge in [-0.1, -0.05) is 6.92 Å². The van der Waals surface area contributed by atoms with Gasteiger partial charge in [0.05, 0.1) is 0 Å². The number of methoxy groups -OCH3 is 1. The lowest BCUT2D eigenvalue weighted by molar-refractivity contribution is -0.121. The van der Waals surface area contributed by atoms with Crippen LogP contribution in [0.2, 0.25) is 0 Å². The van der Waals surface area contributed by atoms with E-state index in [9.17, 15) is 4.79 Å². The van der Waals surface area contributed by atoms with E-state index in [1.54, 1.807) is 7.11 Å². The summed E-state index contributed by atoms with van der Waals surface area (Å²) in [6.07, 6.45) is 3.22. The van der Waals surface area contributed by atoms with Gasteiger partial charge in [0.15, 0.2) is 0 Å². The predicted octanol–water partition coefficient (Wildman–Crippen LogP) is 0.657. The van der Waals surface area contributed by atoms with Crippen LogP contribution >= 0.6 is 0 Å². The lowest BCUT2D eigenvalue weighted by Gasteiger charge is -2.08. The van der Waals surface area contributed by atoms with Crippen molar-refractivity contribution in [2.24, 2.45) is 5.73 Å². The molecule has 0 heterocycles. The highest BCUT2D eigenvalue weighted by Gasteiger charge is 2.05. The SMILES string of the molecule is CCC(N)CC(=O)NCCCCOC. The Morgan fingerprint density at radius 1 is 1.50 bits per heavy atom. The van der Waals surface area contributed by atoms with Crippen LogP contribution in [0.15, 0.2) is 0 Å². The standard InChI is InChI=1S/C10H22N2O2/c1-3-9(11)8-10(13)12-6-4-5-7-14-2/h9H,3-8,11H2,1-2H3,(H,12,13). The van der Waals surface area contributed by atoms with Gasteiger partial charge in [-0.25, -0.2) is 0 Å². The molecule has 84 valence electrons. The number of unbranched alkanes of at least 4 members (excludes halogenated alkanes) is 1. The van der Waals surface area contributed by atoms with E-state index in [1.807, 2.05) is 6.92 Å². The number of ether oxygens (including phenoxy) is 1. The molecule has 14 heavy (non-hydrogen) atoms. The van der Waals surface area contributed by atoms with Crippen LogP contribution in [-0.4, -0.2) is 32.2 Å². The van der Waals surface area contributed by atoms with E-state index in [2.05, 4.69) is 5.32 Å². The molecule has 0 aliphatic carbocycles. The summed E-state index contributed by atoms with van der Waals surface area (Å²) in [5.74, 6) is 0.0526. The molecular weight excluding hydrogens is 180 g/mol. The molecule has 3 N–H and O–H groups in total. The van der Waals surface area contributed by atoms with Crippen molar-refractivity contribution in [3.05, 3.63) is 0 Å². The monoisotopic (exact) mass is 202 g/mol. The average molecular weight is 202 g/mol. The van der Waals surface area contributed by atoms with Gasteiger partial charge in [0.25, 0.3) is 0 Å². The van der Waals surface area contributed by atoms with E-state index in [1.165, 1.54) is 0 Å². The lowest BCUT2D eigenvalue weighted by Crippen LogP contribution is -2.31. The fourth-order valence-electron chi connectivity index (χ4n) is 1.05. The minimum atomic E-state index is -0.00558. The van der Waals surface area contributed by atoms with Gasteiger partial charge in [0, 0.05) is 32.7 Å². The smallest absolute Gasteiger partial charge is 0.221 e. The van der Waals surface area contributed by atoms with Gasteiger partial charge in [0.2, 0.25) is 5.91 Å². The molecule has 1 unspecified atom stereocenters. The summed E-state index contributed by atoms with van der Waals surface area (Å²) in [7, 11) is 1.68. The maximum Gasteiger partial charge on any atom is 0.221 e. The fourth-order valence-corrected chi connectivity index (χ4v) is 1.05. The summed E-state index contributed by atoms with van der Waals surface area (Å²) in [6.45, 7) is 3.46. The molecule has 4 heteroatoms. The van der Waals surface area contributed by atoms with Gasteiger partial charge >= 0.3 is 0 Å². The summed E-state index contributed by atoms with van der Waals surface area (Å²) in [4.78, 5) is 11.2. The molecule has 0 fully saturated rings. The Bertz CT molecular complexity index is 151. The molecule has 1 amide bonds. The number of nitrogens with two attached hydrogens (primary N) is 1. The average Bonchev–Trinajstić information content (AvgIpc) is 2.17. The topological polar surface area (TPSA) is 64.4 Å². The Balaban J connectivity index is 3.27. The zero-order valence-electron chi connectivity index (χ0n) is 9.21. The van der Waals surface area contributed by atoms with Crippen molar-refractivity contribution in [2.45, 2.75) is 38.6 Å². The normalized spacial score (nSPS) is 12.5. The molecule has 4 nitrogen and oxygen atoms in total. The van der Waals surface area contributed by atoms with Crippen LogP contribution in [0.4, 0.5) is 0 Å². The highest BCUT2D eigenvalue weighted by atomic mass is 16.5. The van der Waals surface area contributed by atoms with E-state index in [-0.39, 0.29) is 11.9 Å². The number of rotatable bonds is 8. The van der Waals surface area contributed by atoms with Crippen molar-refractivity contribution < 1.29 is 9.53 Å². The van der Waals surface area contributed by atoms with E-state index < -0.39 is 0 Å². The first-order valence-corrected chi connectivity index (χ1v) is 5.22. The van der Waals surface area contributed by atoms with Gasteiger partial charge < -0.3 is 15.8 Å². The Morgan fingerprint density at radius 3 is 2.79 bits per heavy atom. The second-order valence-electron chi connectivity index (χ2n) is 3.42. The number of hydrogen-bond acceptors (Lipinski definition) is 3. The van der Waals surface area contributed by atoms with Crippen LogP contribution in [-0.2, 0) is 9.53 Å². The molecule has 0 aromatic carbocycles. The second kappa shape index (κ2) is 8.97. The molecule has 0 aliphatic heterocycles. The van der Waals surface area contributed by atoms with Crippen LogP contribution in [0.5, 0.6) is 0 Å². The van der Waals surface area contributed by atoms with Crippen molar-refractivity contribution >= 4 is 5.91 Å². The maximum atomic E-state index is 11.2. The Labute approximate surface area is 86.2 Å². The van der Waals surface area contributed by atoms with Crippen LogP contribution in [0.25, 0.3) is 0 Å². The number of carbonyl (C=O) groups excluding carboxylic acids is 1. The summed E-state index contributed by atoms with van der Waals surface area (Å²) >= 11 is 0. The number of nitrogens with one attached hydrogen (secondary N) is 1. The van der Waals surface area contributed by atoms with Crippen LogP contribution < -0.4 is 11.1 Å². The van der Waals surface area contributed by atoms with Gasteiger partial charge in [-0.15, -0.1) is 0 Å². The largest absolute Gasteiger partial charge is 0.385 e. The third kappa shape index (κ3) is 8.01. The van der Waals surface area contributed by atoms with Crippen molar-refractivity contribution in [1.29, 1.82) is 0 Å².